The molecular formula is C44H34BN3Si. The van der Waals surface area contributed by atoms with Crippen molar-refractivity contribution in [2.24, 2.45) is 0 Å². The van der Waals surface area contributed by atoms with Crippen molar-refractivity contribution in [3.05, 3.63) is 170 Å². The van der Waals surface area contributed by atoms with Gasteiger partial charge in [0.2, 0.25) is 0 Å². The van der Waals surface area contributed by atoms with Crippen molar-refractivity contribution in [2.45, 2.75) is 13.1 Å². The Morgan fingerprint density at radius 1 is 0.449 bits per heavy atom. The maximum Gasteiger partial charge on any atom is 0.252 e. The second kappa shape index (κ2) is 10.6. The van der Waals surface area contributed by atoms with Crippen LogP contribution >= 0.6 is 0 Å². The average molecular weight is 644 g/mol. The van der Waals surface area contributed by atoms with E-state index >= 15 is 0 Å². The molecule has 0 atom stereocenters. The lowest BCUT2D eigenvalue weighted by atomic mass is 9.33. The summed E-state index contributed by atoms with van der Waals surface area (Å²) in [6, 6.07) is 62.6. The summed E-state index contributed by atoms with van der Waals surface area (Å²) in [5.74, 6) is 0. The number of anilines is 9. The van der Waals surface area contributed by atoms with E-state index in [4.69, 9.17) is 0 Å². The van der Waals surface area contributed by atoms with Crippen LogP contribution in [-0.4, -0.2) is 14.8 Å². The highest BCUT2D eigenvalue weighted by Crippen LogP contribution is 2.46. The normalized spacial score (nSPS) is 14.4. The fourth-order valence-corrected chi connectivity index (χ4v) is 11.7. The zero-order chi connectivity index (χ0) is 32.7. The molecule has 3 aliphatic heterocycles. The van der Waals surface area contributed by atoms with Crippen molar-refractivity contribution in [1.29, 1.82) is 0 Å². The van der Waals surface area contributed by atoms with Gasteiger partial charge in [0.15, 0.2) is 0 Å². The molecule has 0 saturated carbocycles. The first-order valence-corrected chi connectivity index (χ1v) is 20.2. The predicted molar refractivity (Wildman–Crippen MR) is 212 cm³/mol. The van der Waals surface area contributed by atoms with Gasteiger partial charge in [-0.2, -0.15) is 0 Å². The highest BCUT2D eigenvalue weighted by Gasteiger charge is 2.48. The first-order chi connectivity index (χ1) is 24.1. The van der Waals surface area contributed by atoms with Crippen molar-refractivity contribution in [3.8, 4) is 0 Å². The molecule has 0 bridgehead atoms. The van der Waals surface area contributed by atoms with Gasteiger partial charge < -0.3 is 14.7 Å². The number of fused-ring (bicyclic) bond motifs is 6. The number of hydrogen-bond donors (Lipinski definition) is 0. The molecule has 5 heteroatoms. The van der Waals surface area contributed by atoms with Crippen molar-refractivity contribution in [3.63, 3.8) is 0 Å². The van der Waals surface area contributed by atoms with Crippen LogP contribution in [0.5, 0.6) is 0 Å². The van der Waals surface area contributed by atoms with E-state index < -0.39 is 8.07 Å². The molecule has 0 unspecified atom stereocenters. The number of para-hydroxylation sites is 5. The van der Waals surface area contributed by atoms with Crippen molar-refractivity contribution >= 4 is 92.7 Å². The summed E-state index contributed by atoms with van der Waals surface area (Å²) in [6.07, 6.45) is 0. The number of hydrogen-bond acceptors (Lipinski definition) is 3. The Kier molecular flexibility index (Phi) is 6.12. The van der Waals surface area contributed by atoms with Gasteiger partial charge in [-0.15, -0.1) is 0 Å². The number of rotatable bonds is 4. The van der Waals surface area contributed by atoms with Gasteiger partial charge in [0.25, 0.3) is 6.71 Å². The molecule has 3 nitrogen and oxygen atoms in total. The van der Waals surface area contributed by atoms with E-state index in [9.17, 15) is 0 Å². The molecule has 7 aromatic rings. The highest BCUT2D eigenvalue weighted by molar-refractivity contribution is 7.05. The van der Waals surface area contributed by atoms with Gasteiger partial charge in [-0.05, 0) is 93.5 Å². The molecule has 3 aliphatic rings. The summed E-state index contributed by atoms with van der Waals surface area (Å²) in [5.41, 5.74) is 15.1. The second-order valence-corrected chi connectivity index (χ2v) is 18.1. The summed E-state index contributed by atoms with van der Waals surface area (Å²) >= 11 is 0. The van der Waals surface area contributed by atoms with E-state index in [1.807, 2.05) is 0 Å². The fraction of sp³-hybridized carbons (Fsp3) is 0.0455. The minimum Gasteiger partial charge on any atom is -0.312 e. The molecule has 0 radical (unpaired) electrons. The third-order valence-electron chi connectivity index (χ3n) is 10.8. The Balaban J connectivity index is 1.27. The molecule has 0 N–H and O–H groups in total. The molecule has 0 aromatic heterocycles. The Hall–Kier alpha value is -5.78. The summed E-state index contributed by atoms with van der Waals surface area (Å²) in [5, 5.41) is 3.01. The highest BCUT2D eigenvalue weighted by atomic mass is 28.3. The molecule has 7 aromatic carbocycles. The summed E-state index contributed by atoms with van der Waals surface area (Å²) in [4.78, 5) is 7.45. The fourth-order valence-electron chi connectivity index (χ4n) is 8.66. The molecule has 0 amide bonds. The Labute approximate surface area is 289 Å². The Bertz CT molecular complexity index is 2350. The van der Waals surface area contributed by atoms with Crippen LogP contribution in [0.2, 0.25) is 13.1 Å². The van der Waals surface area contributed by atoms with Crippen LogP contribution in [-0.2, 0) is 0 Å². The molecular weight excluding hydrogens is 609 g/mol. The molecule has 232 valence electrons. The smallest absolute Gasteiger partial charge is 0.252 e. The van der Waals surface area contributed by atoms with Gasteiger partial charge in [0, 0.05) is 51.2 Å². The number of benzene rings is 7. The first-order valence-electron chi connectivity index (χ1n) is 17.2. The van der Waals surface area contributed by atoms with E-state index in [2.05, 4.69) is 198 Å². The van der Waals surface area contributed by atoms with Gasteiger partial charge in [0.05, 0.1) is 0 Å². The SMILES string of the molecule is C[Si]1(C)c2ccccc2N2c3cccc4c3B(c3ccc(N(c5ccccc5)c5ccccc5)cc3N4c3ccccc3)c3cccc1c32. The van der Waals surface area contributed by atoms with Crippen LogP contribution in [0.4, 0.5) is 51.2 Å². The van der Waals surface area contributed by atoms with Crippen LogP contribution in [0, 0.1) is 0 Å². The van der Waals surface area contributed by atoms with Crippen molar-refractivity contribution < 1.29 is 0 Å². The summed E-state index contributed by atoms with van der Waals surface area (Å²) < 4.78 is 0. The largest absolute Gasteiger partial charge is 0.312 e. The molecule has 0 spiro atoms. The average Bonchev–Trinajstić information content (AvgIpc) is 3.15. The zero-order valence-corrected chi connectivity index (χ0v) is 28.6. The van der Waals surface area contributed by atoms with Gasteiger partial charge in [-0.1, -0.05) is 116 Å². The molecule has 0 fully saturated rings. The molecule has 49 heavy (non-hydrogen) atoms. The van der Waals surface area contributed by atoms with E-state index in [1.54, 1.807) is 0 Å². The van der Waals surface area contributed by atoms with Gasteiger partial charge >= 0.3 is 0 Å². The van der Waals surface area contributed by atoms with E-state index in [-0.39, 0.29) is 6.71 Å². The molecule has 0 saturated heterocycles. The van der Waals surface area contributed by atoms with Crippen molar-refractivity contribution in [1.82, 2.24) is 0 Å². The van der Waals surface area contributed by atoms with Crippen LogP contribution in [0.1, 0.15) is 0 Å². The monoisotopic (exact) mass is 643 g/mol. The van der Waals surface area contributed by atoms with Crippen LogP contribution < -0.4 is 41.5 Å². The van der Waals surface area contributed by atoms with E-state index in [1.165, 1.54) is 55.2 Å². The van der Waals surface area contributed by atoms with Gasteiger partial charge in [-0.25, -0.2) is 0 Å². The Morgan fingerprint density at radius 2 is 1.02 bits per heavy atom. The topological polar surface area (TPSA) is 9.72 Å². The second-order valence-electron chi connectivity index (χ2n) is 13.8. The van der Waals surface area contributed by atoms with Crippen molar-refractivity contribution in [2.75, 3.05) is 14.7 Å². The molecule has 3 heterocycles. The molecule has 10 rings (SSSR count). The third-order valence-corrected chi connectivity index (χ3v) is 14.3. The lowest BCUT2D eigenvalue weighted by Crippen LogP contribution is -2.67. The third kappa shape index (κ3) is 4.03. The number of nitrogens with zero attached hydrogens (tertiary/aromatic N) is 3. The van der Waals surface area contributed by atoms with Crippen LogP contribution in [0.25, 0.3) is 0 Å². The lowest BCUT2D eigenvalue weighted by molar-refractivity contribution is 1.24. The van der Waals surface area contributed by atoms with Crippen LogP contribution in [0.15, 0.2) is 170 Å². The summed E-state index contributed by atoms with van der Waals surface area (Å²) in [6.45, 7) is 5.15. The zero-order valence-electron chi connectivity index (χ0n) is 27.6. The predicted octanol–water partition coefficient (Wildman–Crippen LogP) is 8.38. The molecule has 0 aliphatic carbocycles. The van der Waals surface area contributed by atoms with Gasteiger partial charge in [0.1, 0.15) is 8.07 Å². The summed E-state index contributed by atoms with van der Waals surface area (Å²) in [7, 11) is -1.96. The first kappa shape index (κ1) is 28.3. The Morgan fingerprint density at radius 3 is 1.73 bits per heavy atom. The van der Waals surface area contributed by atoms with Crippen LogP contribution in [0.3, 0.4) is 0 Å². The van der Waals surface area contributed by atoms with Gasteiger partial charge in [-0.3, -0.25) is 0 Å². The lowest BCUT2D eigenvalue weighted by Gasteiger charge is -2.49. The van der Waals surface area contributed by atoms with E-state index in [0.29, 0.717) is 0 Å². The maximum atomic E-state index is 2.59. The minimum atomic E-state index is -1.96. The minimum absolute atomic E-state index is 0.110. The standard InChI is InChI=1S/C44H34BN3Si/c1-49(2)41-26-13-12-23-37(41)48-39-25-15-24-38-43(39)45(36-22-14-27-42(49)44(36)48)35-29-28-34(30-40(35)47(38)33-20-10-5-11-21-33)46(31-16-6-3-7-17-31)32-18-8-4-9-19-32/h3-30H,1-2H3. The quantitative estimate of drug-likeness (QED) is 0.179. The van der Waals surface area contributed by atoms with E-state index in [0.717, 1.165) is 22.7 Å². The maximum absolute atomic E-state index is 2.59.